The SMILES string of the molecule is CC1(C)CCC(C)(C)c2cc3c(cc21)NC(=O)CO3. The lowest BCUT2D eigenvalue weighted by atomic mass is 9.63. The number of anilines is 1. The Balaban J connectivity index is 2.20. The van der Waals surface area contributed by atoms with Crippen LogP contribution in [0.1, 0.15) is 51.7 Å². The molecule has 0 saturated heterocycles. The molecule has 3 nitrogen and oxygen atoms in total. The molecule has 0 fully saturated rings. The van der Waals surface area contributed by atoms with Crippen LogP contribution in [-0.4, -0.2) is 12.5 Å². The molecule has 0 radical (unpaired) electrons. The molecule has 1 N–H and O–H groups in total. The molecule has 1 aliphatic heterocycles. The summed E-state index contributed by atoms with van der Waals surface area (Å²) in [5.41, 5.74) is 3.85. The molecule has 0 unspecified atom stereocenters. The van der Waals surface area contributed by atoms with Crippen molar-refractivity contribution >= 4 is 11.6 Å². The summed E-state index contributed by atoms with van der Waals surface area (Å²) in [7, 11) is 0. The predicted octanol–water partition coefficient (Wildman–Crippen LogP) is 3.37. The monoisotopic (exact) mass is 259 g/mol. The standard InChI is InChI=1S/C16H21NO2/c1-15(2)5-6-16(3,4)11-8-13-12(7-10(11)15)17-14(18)9-19-13/h7-8H,5-6,9H2,1-4H3,(H,17,18). The molecule has 102 valence electrons. The smallest absolute Gasteiger partial charge is 0.262 e. The summed E-state index contributed by atoms with van der Waals surface area (Å²) >= 11 is 0. The lowest BCUT2D eigenvalue weighted by Crippen LogP contribution is -2.35. The van der Waals surface area contributed by atoms with Gasteiger partial charge in [0, 0.05) is 0 Å². The highest BCUT2D eigenvalue weighted by Crippen LogP contribution is 2.48. The van der Waals surface area contributed by atoms with E-state index in [2.05, 4.69) is 45.1 Å². The molecule has 0 aromatic heterocycles. The summed E-state index contributed by atoms with van der Waals surface area (Å²) in [5, 5.41) is 2.91. The van der Waals surface area contributed by atoms with E-state index in [9.17, 15) is 4.79 Å². The van der Waals surface area contributed by atoms with Crippen molar-refractivity contribution in [2.75, 3.05) is 11.9 Å². The van der Waals surface area contributed by atoms with E-state index in [1.807, 2.05) is 0 Å². The molecule has 0 atom stereocenters. The van der Waals surface area contributed by atoms with Crippen LogP contribution in [0.15, 0.2) is 12.1 Å². The number of carbonyl (C=O) groups excluding carboxylic acids is 1. The van der Waals surface area contributed by atoms with Crippen LogP contribution < -0.4 is 10.1 Å². The Kier molecular flexibility index (Phi) is 2.47. The first-order valence-electron chi connectivity index (χ1n) is 6.91. The first kappa shape index (κ1) is 12.5. The molecular formula is C16H21NO2. The van der Waals surface area contributed by atoms with Crippen molar-refractivity contribution in [1.82, 2.24) is 0 Å². The average Bonchev–Trinajstić information content (AvgIpc) is 2.33. The van der Waals surface area contributed by atoms with Crippen LogP contribution in [0.2, 0.25) is 0 Å². The minimum atomic E-state index is -0.0691. The number of carbonyl (C=O) groups is 1. The van der Waals surface area contributed by atoms with Gasteiger partial charge in [-0.3, -0.25) is 4.79 Å². The number of hydrogen-bond acceptors (Lipinski definition) is 2. The van der Waals surface area contributed by atoms with Crippen molar-refractivity contribution < 1.29 is 9.53 Å². The zero-order valence-corrected chi connectivity index (χ0v) is 12.1. The summed E-state index contributed by atoms with van der Waals surface area (Å²) in [5.74, 6) is 0.740. The van der Waals surface area contributed by atoms with Crippen LogP contribution in [0.5, 0.6) is 5.75 Å². The van der Waals surface area contributed by atoms with Crippen LogP contribution in [0.25, 0.3) is 0 Å². The van der Waals surface area contributed by atoms with E-state index in [4.69, 9.17) is 4.74 Å². The zero-order chi connectivity index (χ0) is 13.8. The number of ether oxygens (including phenoxy) is 1. The molecule has 1 aromatic carbocycles. The highest BCUT2D eigenvalue weighted by molar-refractivity contribution is 5.95. The lowest BCUT2D eigenvalue weighted by Gasteiger charge is -2.42. The zero-order valence-electron chi connectivity index (χ0n) is 12.1. The van der Waals surface area contributed by atoms with Crippen molar-refractivity contribution in [3.05, 3.63) is 23.3 Å². The highest BCUT2D eigenvalue weighted by Gasteiger charge is 2.38. The maximum atomic E-state index is 11.4. The molecule has 1 heterocycles. The Morgan fingerprint density at radius 1 is 1.05 bits per heavy atom. The average molecular weight is 259 g/mol. The van der Waals surface area contributed by atoms with Gasteiger partial charge in [-0.25, -0.2) is 0 Å². The molecule has 3 heteroatoms. The van der Waals surface area contributed by atoms with Crippen LogP contribution >= 0.6 is 0 Å². The molecule has 0 saturated carbocycles. The number of benzene rings is 1. The lowest BCUT2D eigenvalue weighted by molar-refractivity contribution is -0.118. The van der Waals surface area contributed by atoms with Crippen molar-refractivity contribution in [2.45, 2.75) is 51.4 Å². The third-order valence-corrected chi connectivity index (χ3v) is 4.59. The van der Waals surface area contributed by atoms with Gasteiger partial charge in [0.2, 0.25) is 0 Å². The molecule has 0 bridgehead atoms. The quantitative estimate of drug-likeness (QED) is 0.775. The molecule has 1 aliphatic carbocycles. The molecular weight excluding hydrogens is 238 g/mol. The van der Waals surface area contributed by atoms with Gasteiger partial charge in [-0.2, -0.15) is 0 Å². The molecule has 3 rings (SSSR count). The summed E-state index contributed by atoms with van der Waals surface area (Å²) in [6, 6.07) is 4.24. The molecule has 2 aliphatic rings. The highest BCUT2D eigenvalue weighted by atomic mass is 16.5. The number of amides is 1. The van der Waals surface area contributed by atoms with Gasteiger partial charge in [-0.15, -0.1) is 0 Å². The van der Waals surface area contributed by atoms with Gasteiger partial charge in [-0.05, 0) is 46.9 Å². The van der Waals surface area contributed by atoms with Crippen molar-refractivity contribution in [2.24, 2.45) is 0 Å². The van der Waals surface area contributed by atoms with Crippen LogP contribution in [0, 0.1) is 0 Å². The summed E-state index contributed by atoms with van der Waals surface area (Å²) < 4.78 is 5.55. The van der Waals surface area contributed by atoms with E-state index in [-0.39, 0.29) is 23.3 Å². The molecule has 0 spiro atoms. The second-order valence-electron chi connectivity index (χ2n) is 7.00. The third kappa shape index (κ3) is 1.92. The first-order chi connectivity index (χ1) is 8.79. The van der Waals surface area contributed by atoms with Gasteiger partial charge in [0.05, 0.1) is 5.69 Å². The van der Waals surface area contributed by atoms with Crippen molar-refractivity contribution in [3.63, 3.8) is 0 Å². The minimum Gasteiger partial charge on any atom is -0.482 e. The number of nitrogens with one attached hydrogen (secondary N) is 1. The van der Waals surface area contributed by atoms with Crippen molar-refractivity contribution in [1.29, 1.82) is 0 Å². The Morgan fingerprint density at radius 2 is 1.63 bits per heavy atom. The van der Waals surface area contributed by atoms with Crippen LogP contribution in [0.4, 0.5) is 5.69 Å². The predicted molar refractivity (Wildman–Crippen MR) is 75.9 cm³/mol. The Labute approximate surface area is 114 Å². The fourth-order valence-corrected chi connectivity index (χ4v) is 3.14. The number of fused-ring (bicyclic) bond motifs is 2. The van der Waals surface area contributed by atoms with Crippen LogP contribution in [-0.2, 0) is 15.6 Å². The summed E-state index contributed by atoms with van der Waals surface area (Å²) in [6.45, 7) is 9.25. The first-order valence-corrected chi connectivity index (χ1v) is 6.91. The Hall–Kier alpha value is -1.51. The van der Waals surface area contributed by atoms with E-state index in [0.29, 0.717) is 0 Å². The summed E-state index contributed by atoms with van der Waals surface area (Å²) in [4.78, 5) is 11.4. The van der Waals surface area contributed by atoms with Gasteiger partial charge < -0.3 is 10.1 Å². The van der Waals surface area contributed by atoms with Gasteiger partial charge >= 0.3 is 0 Å². The molecule has 1 amide bonds. The van der Waals surface area contributed by atoms with Gasteiger partial charge in [0.1, 0.15) is 5.75 Å². The Morgan fingerprint density at radius 3 is 2.26 bits per heavy atom. The molecule has 1 aromatic rings. The fraction of sp³-hybridized carbons (Fsp3) is 0.562. The van der Waals surface area contributed by atoms with E-state index >= 15 is 0 Å². The van der Waals surface area contributed by atoms with E-state index in [1.165, 1.54) is 24.0 Å². The maximum Gasteiger partial charge on any atom is 0.262 e. The summed E-state index contributed by atoms with van der Waals surface area (Å²) in [6.07, 6.45) is 2.35. The minimum absolute atomic E-state index is 0.0691. The Bertz CT molecular complexity index is 558. The molecule has 19 heavy (non-hydrogen) atoms. The van der Waals surface area contributed by atoms with Gasteiger partial charge in [-0.1, -0.05) is 27.7 Å². The van der Waals surface area contributed by atoms with E-state index in [0.717, 1.165) is 11.4 Å². The van der Waals surface area contributed by atoms with E-state index < -0.39 is 0 Å². The fourth-order valence-electron chi connectivity index (χ4n) is 3.14. The topological polar surface area (TPSA) is 38.3 Å². The second-order valence-corrected chi connectivity index (χ2v) is 7.00. The number of hydrogen-bond donors (Lipinski definition) is 1. The largest absolute Gasteiger partial charge is 0.482 e. The normalized spacial score (nSPS) is 22.8. The van der Waals surface area contributed by atoms with Crippen molar-refractivity contribution in [3.8, 4) is 5.75 Å². The maximum absolute atomic E-state index is 11.4. The number of rotatable bonds is 0. The second kappa shape index (κ2) is 3.75. The van der Waals surface area contributed by atoms with Gasteiger partial charge in [0.25, 0.3) is 5.91 Å². The van der Waals surface area contributed by atoms with Crippen LogP contribution in [0.3, 0.4) is 0 Å². The van der Waals surface area contributed by atoms with Gasteiger partial charge in [0.15, 0.2) is 6.61 Å². The van der Waals surface area contributed by atoms with E-state index in [1.54, 1.807) is 0 Å². The third-order valence-electron chi connectivity index (χ3n) is 4.59.